The third-order valence-corrected chi connectivity index (χ3v) is 5.27. The number of hydrogen-bond acceptors (Lipinski definition) is 3. The summed E-state index contributed by atoms with van der Waals surface area (Å²) >= 11 is 0. The Bertz CT molecular complexity index is 1400. The number of carbonyl (C=O) groups is 1. The number of benzene rings is 4. The molecule has 5 nitrogen and oxygen atoms in total. The lowest BCUT2D eigenvalue weighted by Gasteiger charge is -2.01. The fourth-order valence-electron chi connectivity index (χ4n) is 3.55. The molecule has 0 spiro atoms. The van der Waals surface area contributed by atoms with Crippen LogP contribution in [0.15, 0.2) is 108 Å². The van der Waals surface area contributed by atoms with Gasteiger partial charge in [0.15, 0.2) is 0 Å². The van der Waals surface area contributed by atoms with Crippen molar-refractivity contribution < 1.29 is 4.79 Å². The molecule has 0 bridgehead atoms. The van der Waals surface area contributed by atoms with Gasteiger partial charge in [0.25, 0.3) is 5.91 Å². The van der Waals surface area contributed by atoms with Crippen LogP contribution in [0.2, 0.25) is 0 Å². The van der Waals surface area contributed by atoms with Crippen molar-refractivity contribution in [2.45, 2.75) is 0 Å². The van der Waals surface area contributed by atoms with Gasteiger partial charge < -0.3 is 0 Å². The van der Waals surface area contributed by atoms with Gasteiger partial charge in [-0.2, -0.15) is 10.2 Å². The number of H-pyrrole nitrogens is 1. The van der Waals surface area contributed by atoms with Crippen LogP contribution in [0.25, 0.3) is 33.2 Å². The molecule has 0 saturated heterocycles. The van der Waals surface area contributed by atoms with Crippen LogP contribution in [0, 0.1) is 0 Å². The quantitative estimate of drug-likeness (QED) is 0.287. The SMILES string of the molecule is O=C(N/N=C\c1ccc(-c2ccccc2)cc1)c1cc(-c2ccc3ccccc3c2)n[nH]1. The number of aromatic amines is 1. The van der Waals surface area contributed by atoms with Crippen molar-refractivity contribution in [1.82, 2.24) is 15.6 Å². The van der Waals surface area contributed by atoms with E-state index in [4.69, 9.17) is 0 Å². The lowest BCUT2D eigenvalue weighted by atomic mass is 10.0. The molecule has 0 atom stereocenters. The Morgan fingerprint density at radius 1 is 0.750 bits per heavy atom. The van der Waals surface area contributed by atoms with Crippen molar-refractivity contribution in [3.8, 4) is 22.4 Å². The maximum atomic E-state index is 12.4. The summed E-state index contributed by atoms with van der Waals surface area (Å²) in [5.74, 6) is -0.346. The van der Waals surface area contributed by atoms with Crippen molar-refractivity contribution in [2.75, 3.05) is 0 Å². The Kier molecular flexibility index (Phi) is 5.29. The summed E-state index contributed by atoms with van der Waals surface area (Å²) in [5, 5.41) is 13.4. The topological polar surface area (TPSA) is 70.1 Å². The van der Waals surface area contributed by atoms with Crippen LogP contribution in [0.4, 0.5) is 0 Å². The van der Waals surface area contributed by atoms with E-state index in [0.29, 0.717) is 11.4 Å². The first kappa shape index (κ1) is 19.5. The molecular weight excluding hydrogens is 396 g/mol. The van der Waals surface area contributed by atoms with E-state index < -0.39 is 0 Å². The highest BCUT2D eigenvalue weighted by Crippen LogP contribution is 2.23. The number of rotatable bonds is 5. The third-order valence-electron chi connectivity index (χ3n) is 5.27. The minimum absolute atomic E-state index is 0.346. The highest BCUT2D eigenvalue weighted by molar-refractivity contribution is 5.94. The van der Waals surface area contributed by atoms with Crippen LogP contribution in [0.1, 0.15) is 16.1 Å². The van der Waals surface area contributed by atoms with Gasteiger partial charge in [0.1, 0.15) is 5.69 Å². The van der Waals surface area contributed by atoms with Gasteiger partial charge in [-0.3, -0.25) is 9.89 Å². The Balaban J connectivity index is 1.24. The number of carbonyl (C=O) groups excluding carboxylic acids is 1. The van der Waals surface area contributed by atoms with Crippen LogP contribution in [-0.4, -0.2) is 22.3 Å². The average Bonchev–Trinajstić information content (AvgIpc) is 3.35. The standard InChI is InChI=1S/C27H20N4O/c32-27(31-28-18-19-10-12-22(13-11-19)20-6-2-1-3-7-20)26-17-25(29-30-26)24-15-14-21-8-4-5-9-23(21)16-24/h1-18H,(H,29,30)(H,31,32)/b28-18-. The maximum Gasteiger partial charge on any atom is 0.289 e. The number of hydrogen-bond donors (Lipinski definition) is 2. The summed E-state index contributed by atoms with van der Waals surface area (Å²) in [5.41, 5.74) is 7.74. The number of hydrazone groups is 1. The first-order chi connectivity index (χ1) is 15.8. The van der Waals surface area contributed by atoms with Gasteiger partial charge in [0.2, 0.25) is 0 Å². The summed E-state index contributed by atoms with van der Waals surface area (Å²) in [4.78, 5) is 12.4. The number of nitrogens with one attached hydrogen (secondary N) is 2. The van der Waals surface area contributed by atoms with E-state index in [9.17, 15) is 4.79 Å². The monoisotopic (exact) mass is 416 g/mol. The highest BCUT2D eigenvalue weighted by atomic mass is 16.2. The molecule has 0 radical (unpaired) electrons. The summed E-state index contributed by atoms with van der Waals surface area (Å²) in [6.07, 6.45) is 1.62. The van der Waals surface area contributed by atoms with Gasteiger partial charge in [-0.25, -0.2) is 5.43 Å². The fraction of sp³-hybridized carbons (Fsp3) is 0. The fourth-order valence-corrected chi connectivity index (χ4v) is 3.55. The van der Waals surface area contributed by atoms with E-state index >= 15 is 0 Å². The summed E-state index contributed by atoms with van der Waals surface area (Å²) in [6.45, 7) is 0. The van der Waals surface area contributed by atoms with Crippen molar-refractivity contribution in [3.63, 3.8) is 0 Å². The van der Waals surface area contributed by atoms with Crippen LogP contribution >= 0.6 is 0 Å². The minimum Gasteiger partial charge on any atom is -0.272 e. The minimum atomic E-state index is -0.346. The molecule has 0 aliphatic heterocycles. The first-order valence-corrected chi connectivity index (χ1v) is 10.3. The van der Waals surface area contributed by atoms with Gasteiger partial charge in [0, 0.05) is 5.56 Å². The Labute approximate surface area is 185 Å². The summed E-state index contributed by atoms with van der Waals surface area (Å²) in [7, 11) is 0. The molecule has 5 rings (SSSR count). The van der Waals surface area contributed by atoms with Gasteiger partial charge in [0.05, 0.1) is 11.9 Å². The summed E-state index contributed by atoms with van der Waals surface area (Å²) < 4.78 is 0. The zero-order valence-corrected chi connectivity index (χ0v) is 17.2. The lowest BCUT2D eigenvalue weighted by Crippen LogP contribution is -2.17. The van der Waals surface area contributed by atoms with Crippen molar-refractivity contribution >= 4 is 22.9 Å². The zero-order chi connectivity index (χ0) is 21.8. The second-order valence-corrected chi connectivity index (χ2v) is 7.42. The van der Waals surface area contributed by atoms with Crippen LogP contribution < -0.4 is 5.43 Å². The van der Waals surface area contributed by atoms with Gasteiger partial charge in [-0.1, -0.05) is 91.0 Å². The number of fused-ring (bicyclic) bond motifs is 1. The van der Waals surface area contributed by atoms with E-state index in [1.807, 2.05) is 66.7 Å². The van der Waals surface area contributed by atoms with E-state index in [2.05, 4.69) is 51.1 Å². The second kappa shape index (κ2) is 8.70. The number of nitrogens with zero attached hydrogens (tertiary/aromatic N) is 2. The first-order valence-electron chi connectivity index (χ1n) is 10.3. The van der Waals surface area contributed by atoms with Crippen LogP contribution in [-0.2, 0) is 0 Å². The third kappa shape index (κ3) is 4.18. The molecule has 154 valence electrons. The predicted molar refractivity (Wildman–Crippen MR) is 128 cm³/mol. The van der Waals surface area contributed by atoms with Crippen LogP contribution in [0.5, 0.6) is 0 Å². The highest BCUT2D eigenvalue weighted by Gasteiger charge is 2.10. The predicted octanol–water partition coefficient (Wildman–Crippen LogP) is 5.66. The molecule has 1 amide bonds. The lowest BCUT2D eigenvalue weighted by molar-refractivity contribution is 0.0950. The van der Waals surface area contributed by atoms with Crippen molar-refractivity contribution in [2.24, 2.45) is 5.10 Å². The van der Waals surface area contributed by atoms with E-state index in [-0.39, 0.29) is 5.91 Å². The molecule has 0 unspecified atom stereocenters. The van der Waals surface area contributed by atoms with E-state index in [0.717, 1.165) is 33.0 Å². The van der Waals surface area contributed by atoms with Crippen molar-refractivity contribution in [3.05, 3.63) is 114 Å². The number of amides is 1. The van der Waals surface area contributed by atoms with Gasteiger partial charge in [-0.05, 0) is 39.6 Å². The molecule has 5 aromatic rings. The average molecular weight is 416 g/mol. The van der Waals surface area contributed by atoms with Gasteiger partial charge in [-0.15, -0.1) is 0 Å². The molecule has 32 heavy (non-hydrogen) atoms. The molecule has 4 aromatic carbocycles. The zero-order valence-electron chi connectivity index (χ0n) is 17.2. The molecule has 0 aliphatic rings. The molecule has 0 aliphatic carbocycles. The van der Waals surface area contributed by atoms with Gasteiger partial charge >= 0.3 is 0 Å². The summed E-state index contributed by atoms with van der Waals surface area (Å²) in [6, 6.07) is 34.1. The molecule has 5 heteroatoms. The molecular formula is C27H20N4O. The Morgan fingerprint density at radius 2 is 1.44 bits per heavy atom. The smallest absolute Gasteiger partial charge is 0.272 e. The molecule has 0 saturated carbocycles. The Hall–Kier alpha value is -4.51. The Morgan fingerprint density at radius 3 is 2.25 bits per heavy atom. The van der Waals surface area contributed by atoms with Crippen LogP contribution in [0.3, 0.4) is 0 Å². The maximum absolute atomic E-state index is 12.4. The molecule has 1 heterocycles. The molecule has 2 N–H and O–H groups in total. The molecule has 0 fully saturated rings. The van der Waals surface area contributed by atoms with Crippen molar-refractivity contribution in [1.29, 1.82) is 0 Å². The molecule has 1 aromatic heterocycles. The van der Waals surface area contributed by atoms with E-state index in [1.54, 1.807) is 12.3 Å². The van der Waals surface area contributed by atoms with E-state index in [1.165, 1.54) is 0 Å². The normalized spacial score (nSPS) is 11.1. The number of aromatic nitrogens is 2. The second-order valence-electron chi connectivity index (χ2n) is 7.42. The largest absolute Gasteiger partial charge is 0.289 e.